The highest BCUT2D eigenvalue weighted by molar-refractivity contribution is 9.10. The van der Waals surface area contributed by atoms with Gasteiger partial charge in [0, 0.05) is 5.69 Å². The van der Waals surface area contributed by atoms with Crippen LogP contribution in [-0.4, -0.2) is 35.1 Å². The van der Waals surface area contributed by atoms with E-state index in [2.05, 4.69) is 21.2 Å². The topological polar surface area (TPSA) is 84.9 Å². The molecule has 1 N–H and O–H groups in total. The quantitative estimate of drug-likeness (QED) is 0.193. The maximum absolute atomic E-state index is 13.2. The molecule has 0 radical (unpaired) electrons. The van der Waals surface area contributed by atoms with E-state index in [1.54, 1.807) is 31.2 Å². The Labute approximate surface area is 244 Å². The number of nitrogens with zero attached hydrogens (tertiary/aromatic N) is 1. The molecule has 0 aromatic heterocycles. The van der Waals surface area contributed by atoms with Crippen LogP contribution in [0.3, 0.4) is 0 Å². The smallest absolute Gasteiger partial charge is 0.416 e. The van der Waals surface area contributed by atoms with Gasteiger partial charge in [-0.3, -0.25) is 19.3 Å². The van der Waals surface area contributed by atoms with Crippen LogP contribution in [0.5, 0.6) is 11.5 Å². The maximum Gasteiger partial charge on any atom is 0.416 e. The lowest BCUT2D eigenvalue weighted by Gasteiger charge is -2.15. The molecule has 0 unspecified atom stereocenters. The summed E-state index contributed by atoms with van der Waals surface area (Å²) in [4.78, 5) is 38.6. The van der Waals surface area contributed by atoms with Gasteiger partial charge in [-0.2, -0.15) is 13.2 Å². The molecule has 0 aliphatic carbocycles. The zero-order chi connectivity index (χ0) is 29.7. The van der Waals surface area contributed by atoms with E-state index >= 15 is 0 Å². The summed E-state index contributed by atoms with van der Waals surface area (Å²) in [5.74, 6) is -1.19. The van der Waals surface area contributed by atoms with Crippen molar-refractivity contribution in [3.8, 4) is 11.5 Å². The molecule has 4 rings (SSSR count). The number of hydrogen-bond donors (Lipinski definition) is 1. The summed E-state index contributed by atoms with van der Waals surface area (Å²) in [5, 5.41) is 1.57. The normalized spacial score (nSPS) is 14.5. The number of imide groups is 1. The SMILES string of the molecule is CCOc1cc(/C=C2\SC(=O)N(CC(=O)Nc3cccc(C(F)(F)F)c3)C2=O)cc(Br)c1OCc1ccc(F)cc1. The Kier molecular flexibility index (Phi) is 9.38. The maximum atomic E-state index is 13.2. The number of benzene rings is 3. The lowest BCUT2D eigenvalue weighted by Crippen LogP contribution is -2.36. The Balaban J connectivity index is 1.47. The van der Waals surface area contributed by atoms with Crippen molar-refractivity contribution in [2.24, 2.45) is 0 Å². The van der Waals surface area contributed by atoms with Crippen LogP contribution in [0.1, 0.15) is 23.6 Å². The highest BCUT2D eigenvalue weighted by Gasteiger charge is 2.36. The number of alkyl halides is 3. The van der Waals surface area contributed by atoms with Gasteiger partial charge in [-0.1, -0.05) is 18.2 Å². The number of hydrogen-bond acceptors (Lipinski definition) is 6. The zero-order valence-electron chi connectivity index (χ0n) is 21.3. The van der Waals surface area contributed by atoms with E-state index in [1.165, 1.54) is 24.3 Å². The van der Waals surface area contributed by atoms with E-state index < -0.39 is 35.3 Å². The summed E-state index contributed by atoms with van der Waals surface area (Å²) in [6.07, 6.45) is -3.14. The molecule has 7 nitrogen and oxygen atoms in total. The first-order valence-corrected chi connectivity index (χ1v) is 13.6. The second-order valence-electron chi connectivity index (χ2n) is 8.57. The van der Waals surface area contributed by atoms with Gasteiger partial charge in [-0.05, 0) is 94.3 Å². The summed E-state index contributed by atoms with van der Waals surface area (Å²) in [7, 11) is 0. The summed E-state index contributed by atoms with van der Waals surface area (Å²) in [6.45, 7) is 1.54. The third-order valence-electron chi connectivity index (χ3n) is 5.57. The predicted octanol–water partition coefficient (Wildman–Crippen LogP) is 7.26. The number of thioether (sulfide) groups is 1. The number of anilines is 1. The molecule has 1 fully saturated rings. The largest absolute Gasteiger partial charge is 0.490 e. The molecule has 1 aliphatic rings. The van der Waals surface area contributed by atoms with Gasteiger partial charge in [0.15, 0.2) is 11.5 Å². The van der Waals surface area contributed by atoms with Crippen LogP contribution in [0.4, 0.5) is 28.0 Å². The van der Waals surface area contributed by atoms with Crippen molar-refractivity contribution >= 4 is 56.5 Å². The van der Waals surface area contributed by atoms with Crippen molar-refractivity contribution in [3.05, 3.63) is 92.5 Å². The molecule has 0 spiro atoms. The van der Waals surface area contributed by atoms with Crippen molar-refractivity contribution in [3.63, 3.8) is 0 Å². The van der Waals surface area contributed by atoms with Crippen LogP contribution in [0.2, 0.25) is 0 Å². The Morgan fingerprint density at radius 3 is 2.49 bits per heavy atom. The molecule has 0 bridgehead atoms. The van der Waals surface area contributed by atoms with Gasteiger partial charge in [0.1, 0.15) is 19.0 Å². The Morgan fingerprint density at radius 2 is 1.80 bits per heavy atom. The molecule has 0 atom stereocenters. The van der Waals surface area contributed by atoms with Crippen LogP contribution in [0.25, 0.3) is 6.08 Å². The Bertz CT molecular complexity index is 1510. The van der Waals surface area contributed by atoms with Crippen molar-refractivity contribution in [2.75, 3.05) is 18.5 Å². The van der Waals surface area contributed by atoms with E-state index in [0.29, 0.717) is 44.8 Å². The Morgan fingerprint density at radius 1 is 1.07 bits per heavy atom. The number of ether oxygens (including phenoxy) is 2. The highest BCUT2D eigenvalue weighted by atomic mass is 79.9. The number of halogens is 5. The van der Waals surface area contributed by atoms with Crippen LogP contribution >= 0.6 is 27.7 Å². The molecule has 1 aliphatic heterocycles. The number of amides is 3. The molecular weight excluding hydrogens is 632 g/mol. The summed E-state index contributed by atoms with van der Waals surface area (Å²) in [6, 6.07) is 13.1. The van der Waals surface area contributed by atoms with Gasteiger partial charge >= 0.3 is 6.18 Å². The molecule has 1 saturated heterocycles. The first-order chi connectivity index (χ1) is 19.4. The number of carbonyl (C=O) groups is 3. The summed E-state index contributed by atoms with van der Waals surface area (Å²) in [5.41, 5.74) is 0.153. The minimum absolute atomic E-state index is 0.0381. The minimum Gasteiger partial charge on any atom is -0.490 e. The van der Waals surface area contributed by atoms with Gasteiger partial charge < -0.3 is 14.8 Å². The van der Waals surface area contributed by atoms with Crippen LogP contribution in [0.15, 0.2) is 70.0 Å². The van der Waals surface area contributed by atoms with Gasteiger partial charge in [0.25, 0.3) is 11.1 Å². The van der Waals surface area contributed by atoms with Crippen LogP contribution < -0.4 is 14.8 Å². The van der Waals surface area contributed by atoms with Crippen LogP contribution in [-0.2, 0) is 22.4 Å². The highest BCUT2D eigenvalue weighted by Crippen LogP contribution is 2.40. The van der Waals surface area contributed by atoms with Gasteiger partial charge in [-0.25, -0.2) is 4.39 Å². The van der Waals surface area contributed by atoms with Crippen LogP contribution in [0, 0.1) is 5.82 Å². The molecule has 1 heterocycles. The van der Waals surface area contributed by atoms with E-state index in [0.717, 1.165) is 23.8 Å². The third-order valence-corrected chi connectivity index (χ3v) is 7.07. The van der Waals surface area contributed by atoms with Crippen molar-refractivity contribution in [2.45, 2.75) is 19.7 Å². The molecule has 13 heteroatoms. The van der Waals surface area contributed by atoms with Gasteiger partial charge in [0.2, 0.25) is 5.91 Å². The summed E-state index contributed by atoms with van der Waals surface area (Å²) >= 11 is 4.06. The van der Waals surface area contributed by atoms with Gasteiger partial charge in [0.05, 0.1) is 21.5 Å². The lowest BCUT2D eigenvalue weighted by atomic mass is 10.1. The molecule has 3 amide bonds. The first kappa shape index (κ1) is 30.1. The van der Waals surface area contributed by atoms with Crippen molar-refractivity contribution in [1.29, 1.82) is 0 Å². The molecule has 3 aromatic rings. The monoisotopic (exact) mass is 652 g/mol. The number of carbonyl (C=O) groups excluding carboxylic acids is 3. The minimum atomic E-state index is -4.60. The molecule has 214 valence electrons. The lowest BCUT2D eigenvalue weighted by molar-refractivity contribution is -0.137. The average Bonchev–Trinajstić information content (AvgIpc) is 3.16. The molecule has 3 aromatic carbocycles. The standard InChI is InChI=1S/C28H21BrF4N2O5S/c1-2-39-22-11-17(10-21(29)25(22)40-15-16-6-8-19(30)9-7-16)12-23-26(37)35(27(38)41-23)14-24(36)34-20-5-3-4-18(13-20)28(31,32)33/h3-13H,2,14-15H2,1H3,(H,34,36)/b23-12-. The average molecular weight is 653 g/mol. The third kappa shape index (κ3) is 7.67. The molecule has 0 saturated carbocycles. The van der Waals surface area contributed by atoms with Gasteiger partial charge in [-0.15, -0.1) is 0 Å². The second kappa shape index (κ2) is 12.8. The first-order valence-electron chi connectivity index (χ1n) is 12.0. The fourth-order valence-corrected chi connectivity index (χ4v) is 5.13. The number of rotatable bonds is 9. The van der Waals surface area contributed by atoms with Crippen molar-refractivity contribution in [1.82, 2.24) is 4.90 Å². The van der Waals surface area contributed by atoms with E-state index in [4.69, 9.17) is 9.47 Å². The zero-order valence-corrected chi connectivity index (χ0v) is 23.7. The van der Waals surface area contributed by atoms with E-state index in [1.807, 2.05) is 0 Å². The predicted molar refractivity (Wildman–Crippen MR) is 149 cm³/mol. The fraction of sp³-hybridized carbons (Fsp3) is 0.179. The van der Waals surface area contributed by atoms with E-state index in [9.17, 15) is 31.9 Å². The van der Waals surface area contributed by atoms with Crippen molar-refractivity contribution < 1.29 is 41.4 Å². The van der Waals surface area contributed by atoms with E-state index in [-0.39, 0.29) is 23.0 Å². The molecular formula is C28H21BrF4N2O5S. The second-order valence-corrected chi connectivity index (χ2v) is 10.4. The molecule has 41 heavy (non-hydrogen) atoms. The fourth-order valence-electron chi connectivity index (χ4n) is 3.72. The summed E-state index contributed by atoms with van der Waals surface area (Å²) < 4.78 is 64.1. The number of nitrogens with one attached hydrogen (secondary N) is 1. The Hall–Kier alpha value is -3.84.